The van der Waals surface area contributed by atoms with E-state index in [1.165, 1.54) is 13.2 Å². The van der Waals surface area contributed by atoms with Crippen molar-refractivity contribution in [3.05, 3.63) is 29.3 Å². The molecule has 1 aliphatic carbocycles. The van der Waals surface area contributed by atoms with Crippen LogP contribution in [0.1, 0.15) is 15.9 Å². The van der Waals surface area contributed by atoms with Gasteiger partial charge in [-0.1, -0.05) is 0 Å². The molecule has 0 saturated carbocycles. The Labute approximate surface area is 106 Å². The van der Waals surface area contributed by atoms with Crippen LogP contribution in [-0.4, -0.2) is 31.0 Å². The van der Waals surface area contributed by atoms with Gasteiger partial charge >= 0.3 is 12.1 Å². The molecule has 0 fully saturated rings. The third kappa shape index (κ3) is 2.54. The molecule has 0 aliphatic heterocycles. The molecule has 19 heavy (non-hydrogen) atoms. The van der Waals surface area contributed by atoms with Gasteiger partial charge in [0.15, 0.2) is 5.78 Å². The fourth-order valence-electron chi connectivity index (χ4n) is 1.96. The summed E-state index contributed by atoms with van der Waals surface area (Å²) < 4.78 is 41.4. The summed E-state index contributed by atoms with van der Waals surface area (Å²) in [4.78, 5) is 22.7. The summed E-state index contributed by atoms with van der Waals surface area (Å²) in [5.41, 5.74) is 0.880. The molecule has 0 saturated heterocycles. The van der Waals surface area contributed by atoms with Gasteiger partial charge in [-0.2, -0.15) is 13.2 Å². The minimum Gasteiger partial charge on any atom is -0.497 e. The summed E-state index contributed by atoms with van der Waals surface area (Å²) in [7, 11) is 1.45. The second kappa shape index (κ2) is 4.56. The average molecular weight is 273 g/mol. The second-order valence-corrected chi connectivity index (χ2v) is 4.12. The van der Waals surface area contributed by atoms with Crippen LogP contribution in [-0.2, 0) is 11.2 Å². The van der Waals surface area contributed by atoms with Gasteiger partial charge in [0, 0.05) is 12.0 Å². The lowest BCUT2D eigenvalue weighted by atomic mass is 10.1. The number of benzene rings is 1. The Morgan fingerprint density at radius 1 is 1.42 bits per heavy atom. The van der Waals surface area contributed by atoms with Gasteiger partial charge in [0.05, 0.1) is 13.2 Å². The first-order chi connectivity index (χ1) is 8.82. The minimum atomic E-state index is -4.99. The van der Waals surface area contributed by atoms with Crippen molar-refractivity contribution < 1.29 is 27.5 Å². The van der Waals surface area contributed by atoms with Gasteiger partial charge in [-0.3, -0.25) is 9.59 Å². The molecule has 1 atom stereocenters. The number of carbonyl (C=O) groups excluding carboxylic acids is 2. The van der Waals surface area contributed by atoms with Crippen molar-refractivity contribution in [2.75, 3.05) is 7.11 Å². The highest BCUT2D eigenvalue weighted by atomic mass is 19.4. The first-order valence-corrected chi connectivity index (χ1v) is 5.41. The van der Waals surface area contributed by atoms with Crippen LogP contribution in [0.25, 0.3) is 0 Å². The lowest BCUT2D eigenvalue weighted by Crippen LogP contribution is -2.45. The summed E-state index contributed by atoms with van der Waals surface area (Å²) in [6, 6.07) is 3.43. The van der Waals surface area contributed by atoms with Gasteiger partial charge in [0.2, 0.25) is 0 Å². The molecule has 1 aromatic carbocycles. The molecule has 1 aromatic rings. The number of ether oxygens (including phenoxy) is 1. The first kappa shape index (κ1) is 13.4. The zero-order valence-electron chi connectivity index (χ0n) is 9.88. The molecule has 0 radical (unpaired) electrons. The Morgan fingerprint density at radius 3 is 2.68 bits per heavy atom. The van der Waals surface area contributed by atoms with Crippen molar-refractivity contribution in [1.82, 2.24) is 5.32 Å². The third-order valence-corrected chi connectivity index (χ3v) is 2.88. The number of hydrogen-bond acceptors (Lipinski definition) is 3. The van der Waals surface area contributed by atoms with Crippen molar-refractivity contribution in [3.8, 4) is 5.75 Å². The quantitative estimate of drug-likeness (QED) is 0.888. The van der Waals surface area contributed by atoms with Crippen molar-refractivity contribution in [2.24, 2.45) is 0 Å². The maximum absolute atomic E-state index is 12.1. The van der Waals surface area contributed by atoms with E-state index in [4.69, 9.17) is 4.74 Å². The van der Waals surface area contributed by atoms with Crippen molar-refractivity contribution in [2.45, 2.75) is 18.6 Å². The lowest BCUT2D eigenvalue weighted by molar-refractivity contribution is -0.174. The molecular weight excluding hydrogens is 263 g/mol. The lowest BCUT2D eigenvalue weighted by Gasteiger charge is -2.12. The Bertz CT molecular complexity index is 540. The average Bonchev–Trinajstić information content (AvgIpc) is 2.64. The van der Waals surface area contributed by atoms with Gasteiger partial charge in [-0.05, 0) is 23.8 Å². The Morgan fingerprint density at radius 2 is 2.11 bits per heavy atom. The molecular formula is C12H10F3NO3. The number of Topliss-reactive ketones (excluding diaryl/α,β-unsaturated/α-hetero) is 1. The van der Waals surface area contributed by atoms with Crippen LogP contribution in [0, 0.1) is 0 Å². The zero-order chi connectivity index (χ0) is 14.2. The molecule has 0 bridgehead atoms. The molecule has 4 nitrogen and oxygen atoms in total. The molecule has 0 heterocycles. The van der Waals surface area contributed by atoms with Crippen LogP contribution in [0.3, 0.4) is 0 Å². The van der Waals surface area contributed by atoms with Gasteiger partial charge in [-0.15, -0.1) is 0 Å². The fraction of sp³-hybridized carbons (Fsp3) is 0.333. The summed E-state index contributed by atoms with van der Waals surface area (Å²) in [6.07, 6.45) is -4.96. The van der Waals surface area contributed by atoms with Gasteiger partial charge in [0.25, 0.3) is 0 Å². The van der Waals surface area contributed by atoms with E-state index in [1.807, 2.05) is 0 Å². The predicted octanol–water partition coefficient (Wildman–Crippen LogP) is 1.48. The topological polar surface area (TPSA) is 55.4 Å². The summed E-state index contributed by atoms with van der Waals surface area (Å²) >= 11 is 0. The van der Waals surface area contributed by atoms with Crippen LogP contribution in [0.2, 0.25) is 0 Å². The smallest absolute Gasteiger partial charge is 0.471 e. The highest BCUT2D eigenvalue weighted by Crippen LogP contribution is 2.27. The number of hydrogen-bond donors (Lipinski definition) is 1. The van der Waals surface area contributed by atoms with Crippen LogP contribution in [0.15, 0.2) is 18.2 Å². The van der Waals surface area contributed by atoms with Crippen molar-refractivity contribution >= 4 is 11.7 Å². The summed E-state index contributed by atoms with van der Waals surface area (Å²) in [5.74, 6) is -2.12. The van der Waals surface area contributed by atoms with Crippen molar-refractivity contribution in [3.63, 3.8) is 0 Å². The number of carbonyl (C=O) groups is 2. The molecule has 0 aromatic heterocycles. The normalized spacial score (nSPS) is 18.1. The Balaban J connectivity index is 2.17. The van der Waals surface area contributed by atoms with Crippen molar-refractivity contribution in [1.29, 1.82) is 0 Å². The molecule has 102 valence electrons. The number of alkyl halides is 3. The number of fused-ring (bicyclic) bond motifs is 1. The van der Waals surface area contributed by atoms with Crippen LogP contribution >= 0.6 is 0 Å². The number of amides is 1. The fourth-order valence-corrected chi connectivity index (χ4v) is 1.96. The molecule has 2 rings (SSSR count). The highest BCUT2D eigenvalue weighted by Gasteiger charge is 2.42. The number of halogens is 3. The molecule has 1 aliphatic rings. The largest absolute Gasteiger partial charge is 0.497 e. The van der Waals surface area contributed by atoms with E-state index in [0.717, 1.165) is 0 Å². The maximum Gasteiger partial charge on any atom is 0.471 e. The molecule has 0 spiro atoms. The Kier molecular flexibility index (Phi) is 3.21. The number of nitrogens with one attached hydrogen (secondary N) is 1. The number of rotatable bonds is 2. The van der Waals surface area contributed by atoms with Crippen LogP contribution in [0.5, 0.6) is 5.75 Å². The SMILES string of the molecule is COc1ccc2c(c1)C[C@H](NC(=O)C(F)(F)F)C2=O. The van der Waals surface area contributed by atoms with Crippen LogP contribution < -0.4 is 10.1 Å². The predicted molar refractivity (Wildman–Crippen MR) is 59.0 cm³/mol. The molecule has 1 amide bonds. The monoisotopic (exact) mass is 273 g/mol. The minimum absolute atomic E-state index is 0.0349. The summed E-state index contributed by atoms with van der Waals surface area (Å²) in [5, 5.41) is 1.70. The van der Waals surface area contributed by atoms with E-state index in [0.29, 0.717) is 16.9 Å². The zero-order valence-corrected chi connectivity index (χ0v) is 9.88. The molecule has 0 unspecified atom stereocenters. The first-order valence-electron chi connectivity index (χ1n) is 5.41. The number of methoxy groups -OCH3 is 1. The van der Waals surface area contributed by atoms with Gasteiger partial charge in [-0.25, -0.2) is 0 Å². The number of ketones is 1. The standard InChI is InChI=1S/C12H10F3NO3/c1-19-7-2-3-8-6(4-7)5-9(10(8)17)16-11(18)12(13,14)15/h2-4,9H,5H2,1H3,(H,16,18)/t9-/m0/s1. The van der Waals surface area contributed by atoms with E-state index in [-0.39, 0.29) is 6.42 Å². The Hall–Kier alpha value is -2.05. The van der Waals surface area contributed by atoms with E-state index in [2.05, 4.69) is 0 Å². The molecule has 1 N–H and O–H groups in total. The van der Waals surface area contributed by atoms with Gasteiger partial charge < -0.3 is 10.1 Å². The van der Waals surface area contributed by atoms with E-state index in [1.54, 1.807) is 17.4 Å². The third-order valence-electron chi connectivity index (χ3n) is 2.88. The highest BCUT2D eigenvalue weighted by molar-refractivity contribution is 6.06. The van der Waals surface area contributed by atoms with E-state index >= 15 is 0 Å². The second-order valence-electron chi connectivity index (χ2n) is 4.12. The summed E-state index contributed by atoms with van der Waals surface area (Å²) in [6.45, 7) is 0. The van der Waals surface area contributed by atoms with Gasteiger partial charge in [0.1, 0.15) is 5.75 Å². The van der Waals surface area contributed by atoms with Crippen LogP contribution in [0.4, 0.5) is 13.2 Å². The van der Waals surface area contributed by atoms with E-state index in [9.17, 15) is 22.8 Å². The van der Waals surface area contributed by atoms with E-state index < -0.39 is 23.9 Å². The molecule has 7 heteroatoms. The maximum atomic E-state index is 12.1.